The lowest BCUT2D eigenvalue weighted by atomic mass is 10.2. The van der Waals surface area contributed by atoms with Gasteiger partial charge in [-0.1, -0.05) is 39.0 Å². The zero-order valence-corrected chi connectivity index (χ0v) is 20.3. The Balaban J connectivity index is 1.73. The van der Waals surface area contributed by atoms with Crippen LogP contribution < -0.4 is 5.32 Å². The molecule has 170 valence electrons. The molecule has 3 aromatic rings. The summed E-state index contributed by atoms with van der Waals surface area (Å²) in [6.07, 6.45) is 5.06. The summed E-state index contributed by atoms with van der Waals surface area (Å²) in [4.78, 5) is 36.7. The highest BCUT2D eigenvalue weighted by atomic mass is 28.4. The van der Waals surface area contributed by atoms with E-state index in [9.17, 15) is 9.59 Å². The molecule has 3 rings (SSSR count). The summed E-state index contributed by atoms with van der Waals surface area (Å²) in [6, 6.07) is 8.91. The second-order valence-corrected chi connectivity index (χ2v) is 14.1. The molecule has 0 spiro atoms. The summed E-state index contributed by atoms with van der Waals surface area (Å²) < 4.78 is 8.37. The average Bonchev–Trinajstić information content (AvgIpc) is 3.14. The maximum absolute atomic E-state index is 12.4. The van der Waals surface area contributed by atoms with Crippen molar-refractivity contribution in [3.8, 4) is 0 Å². The number of carbonyl (C=O) groups is 2. The van der Waals surface area contributed by atoms with E-state index in [1.54, 1.807) is 36.8 Å². The van der Waals surface area contributed by atoms with E-state index in [0.717, 1.165) is 6.29 Å². The largest absolute Gasteiger partial charge is 0.413 e. The number of aldehydes is 1. The Morgan fingerprint density at radius 1 is 1.22 bits per heavy atom. The summed E-state index contributed by atoms with van der Waals surface area (Å²) in [5.41, 5.74) is 1.80. The van der Waals surface area contributed by atoms with Crippen molar-refractivity contribution in [3.63, 3.8) is 0 Å². The van der Waals surface area contributed by atoms with E-state index < -0.39 is 8.32 Å². The number of benzene rings is 1. The van der Waals surface area contributed by atoms with Gasteiger partial charge in [0.2, 0.25) is 5.95 Å². The van der Waals surface area contributed by atoms with Crippen LogP contribution in [-0.2, 0) is 15.8 Å². The number of nitrogens with zero attached hydrogens (tertiary/aromatic N) is 4. The van der Waals surface area contributed by atoms with Gasteiger partial charge in [-0.15, -0.1) is 0 Å². The average molecular weight is 454 g/mol. The molecule has 0 bridgehead atoms. The zero-order chi connectivity index (χ0) is 23.4. The molecule has 1 aromatic carbocycles. The first-order valence-corrected chi connectivity index (χ1v) is 13.7. The number of imidazole rings is 1. The van der Waals surface area contributed by atoms with Gasteiger partial charge in [-0.05, 0) is 36.7 Å². The molecule has 1 N–H and O–H groups in total. The summed E-state index contributed by atoms with van der Waals surface area (Å²) in [5.74, 6) is -0.0556. The van der Waals surface area contributed by atoms with Crippen molar-refractivity contribution in [1.82, 2.24) is 19.5 Å². The third kappa shape index (κ3) is 5.66. The van der Waals surface area contributed by atoms with E-state index in [2.05, 4.69) is 54.1 Å². The standard InChI is InChI=1S/C23H31N5O3Si/c1-23(2,3)32(4,5)31-18(12-14-29)11-13-28-16-25-19-15-24-22(26-20(19)28)27-21(30)17-9-7-6-8-10-17/h6-10,14-16,18H,11-13H2,1-5H3,(H,24,26,27,30). The highest BCUT2D eigenvalue weighted by Crippen LogP contribution is 2.38. The van der Waals surface area contributed by atoms with Gasteiger partial charge >= 0.3 is 0 Å². The van der Waals surface area contributed by atoms with E-state index in [4.69, 9.17) is 4.43 Å². The molecule has 2 heterocycles. The quantitative estimate of drug-likeness (QED) is 0.380. The SMILES string of the molecule is CC(C)(C)[Si](C)(C)OC(CC=O)CCn1cnc2cnc(NC(=O)c3ccccc3)nc21. The number of amides is 1. The highest BCUT2D eigenvalue weighted by molar-refractivity contribution is 6.74. The van der Waals surface area contributed by atoms with Crippen LogP contribution in [0.3, 0.4) is 0 Å². The third-order valence-electron chi connectivity index (χ3n) is 5.94. The summed E-state index contributed by atoms with van der Waals surface area (Å²) in [7, 11) is -2.00. The molecule has 0 aliphatic carbocycles. The number of hydrogen-bond acceptors (Lipinski definition) is 6. The van der Waals surface area contributed by atoms with Gasteiger partial charge in [-0.3, -0.25) is 10.1 Å². The fourth-order valence-electron chi connectivity index (χ4n) is 3.05. The fraction of sp³-hybridized carbons (Fsp3) is 0.435. The number of carbonyl (C=O) groups excluding carboxylic acids is 2. The molecule has 0 radical (unpaired) electrons. The maximum Gasteiger partial charge on any atom is 0.258 e. The van der Waals surface area contributed by atoms with Gasteiger partial charge in [0.1, 0.15) is 11.8 Å². The lowest BCUT2D eigenvalue weighted by Gasteiger charge is -2.39. The number of rotatable bonds is 9. The predicted molar refractivity (Wildman–Crippen MR) is 127 cm³/mol. The summed E-state index contributed by atoms with van der Waals surface area (Å²) in [5, 5.41) is 2.80. The number of fused-ring (bicyclic) bond motifs is 1. The topological polar surface area (TPSA) is 99.0 Å². The number of hydrogen-bond donors (Lipinski definition) is 1. The molecule has 0 aliphatic heterocycles. The summed E-state index contributed by atoms with van der Waals surface area (Å²) >= 11 is 0. The van der Waals surface area contributed by atoms with Crippen LogP contribution in [0.15, 0.2) is 42.9 Å². The second-order valence-electron chi connectivity index (χ2n) is 9.35. The Hall–Kier alpha value is -2.91. The number of nitrogens with one attached hydrogen (secondary N) is 1. The lowest BCUT2D eigenvalue weighted by Crippen LogP contribution is -2.44. The number of aromatic nitrogens is 4. The van der Waals surface area contributed by atoms with Crippen LogP contribution in [0, 0.1) is 0 Å². The van der Waals surface area contributed by atoms with E-state index in [1.807, 2.05) is 10.6 Å². The second kappa shape index (κ2) is 9.70. The molecule has 0 saturated carbocycles. The minimum atomic E-state index is -2.00. The van der Waals surface area contributed by atoms with Crippen molar-refractivity contribution in [2.75, 3.05) is 5.32 Å². The molecule has 8 nitrogen and oxygen atoms in total. The van der Waals surface area contributed by atoms with Crippen LogP contribution in [0.5, 0.6) is 0 Å². The van der Waals surface area contributed by atoms with E-state index in [1.165, 1.54) is 0 Å². The van der Waals surface area contributed by atoms with Crippen LogP contribution in [0.2, 0.25) is 18.1 Å². The molecular weight excluding hydrogens is 422 g/mol. The molecule has 1 unspecified atom stereocenters. The van der Waals surface area contributed by atoms with E-state index >= 15 is 0 Å². The monoisotopic (exact) mass is 453 g/mol. The van der Waals surface area contributed by atoms with Gasteiger partial charge in [0.15, 0.2) is 14.0 Å². The van der Waals surface area contributed by atoms with Gasteiger partial charge in [0, 0.05) is 18.5 Å². The first kappa shape index (κ1) is 23.7. The van der Waals surface area contributed by atoms with Crippen LogP contribution in [-0.4, -0.2) is 46.1 Å². The van der Waals surface area contributed by atoms with Crippen molar-refractivity contribution in [2.24, 2.45) is 0 Å². The first-order chi connectivity index (χ1) is 15.1. The van der Waals surface area contributed by atoms with Gasteiger partial charge in [0.25, 0.3) is 5.91 Å². The van der Waals surface area contributed by atoms with Crippen LogP contribution in [0.25, 0.3) is 11.2 Å². The molecule has 2 aromatic heterocycles. The smallest absolute Gasteiger partial charge is 0.258 e. The van der Waals surface area contributed by atoms with Crippen molar-refractivity contribution >= 4 is 37.6 Å². The molecule has 32 heavy (non-hydrogen) atoms. The van der Waals surface area contributed by atoms with E-state index in [0.29, 0.717) is 36.1 Å². The minimum absolute atomic E-state index is 0.0644. The van der Waals surface area contributed by atoms with Crippen LogP contribution in [0.1, 0.15) is 44.0 Å². The number of anilines is 1. The predicted octanol–water partition coefficient (Wildman–Crippen LogP) is 4.45. The van der Waals surface area contributed by atoms with Crippen molar-refractivity contribution < 1.29 is 14.0 Å². The Labute approximate surface area is 189 Å². The van der Waals surface area contributed by atoms with Crippen LogP contribution >= 0.6 is 0 Å². The van der Waals surface area contributed by atoms with Gasteiger partial charge in [0.05, 0.1) is 18.6 Å². The van der Waals surface area contributed by atoms with Crippen molar-refractivity contribution in [2.45, 2.75) is 64.4 Å². The molecule has 0 saturated heterocycles. The van der Waals surface area contributed by atoms with Gasteiger partial charge in [-0.2, -0.15) is 4.98 Å². The fourth-order valence-corrected chi connectivity index (χ4v) is 4.45. The maximum atomic E-state index is 12.4. The van der Waals surface area contributed by atoms with Crippen molar-refractivity contribution in [3.05, 3.63) is 48.4 Å². The van der Waals surface area contributed by atoms with E-state index in [-0.39, 0.29) is 23.0 Å². The Bertz CT molecular complexity index is 1080. The Kier molecular flexibility index (Phi) is 7.20. The van der Waals surface area contributed by atoms with Crippen LogP contribution in [0.4, 0.5) is 5.95 Å². The van der Waals surface area contributed by atoms with Gasteiger partial charge in [-0.25, -0.2) is 9.97 Å². The normalized spacial score (nSPS) is 13.2. The Morgan fingerprint density at radius 3 is 2.59 bits per heavy atom. The minimum Gasteiger partial charge on any atom is -0.413 e. The van der Waals surface area contributed by atoms with Crippen molar-refractivity contribution in [1.29, 1.82) is 0 Å². The summed E-state index contributed by atoms with van der Waals surface area (Å²) in [6.45, 7) is 11.5. The number of aryl methyl sites for hydroxylation is 1. The lowest BCUT2D eigenvalue weighted by molar-refractivity contribution is -0.109. The molecular formula is C23H31N5O3Si. The molecule has 1 atom stereocenters. The third-order valence-corrected chi connectivity index (χ3v) is 10.5. The zero-order valence-electron chi connectivity index (χ0n) is 19.3. The molecule has 0 aliphatic rings. The Morgan fingerprint density at radius 2 is 1.94 bits per heavy atom. The first-order valence-electron chi connectivity index (χ1n) is 10.8. The molecule has 0 fully saturated rings. The van der Waals surface area contributed by atoms with Gasteiger partial charge < -0.3 is 13.8 Å². The molecule has 9 heteroatoms. The highest BCUT2D eigenvalue weighted by Gasteiger charge is 2.39. The molecule has 1 amide bonds.